The van der Waals surface area contributed by atoms with Gasteiger partial charge >= 0.3 is 0 Å². The molecule has 0 aliphatic carbocycles. The Morgan fingerprint density at radius 1 is 1.00 bits per heavy atom. The summed E-state index contributed by atoms with van der Waals surface area (Å²) in [6.07, 6.45) is 3.07. The van der Waals surface area contributed by atoms with Crippen LogP contribution in [0.1, 0.15) is 5.56 Å². The molecule has 1 heterocycles. The van der Waals surface area contributed by atoms with Gasteiger partial charge in [-0.05, 0) is 55.0 Å². The van der Waals surface area contributed by atoms with Crippen LogP contribution in [0.25, 0.3) is 11.1 Å². The summed E-state index contributed by atoms with van der Waals surface area (Å²) in [7, 11) is 0. The number of pyridine rings is 1. The van der Waals surface area contributed by atoms with Gasteiger partial charge in [0.15, 0.2) is 0 Å². The molecule has 0 fully saturated rings. The molecule has 0 aliphatic heterocycles. The molecule has 0 aliphatic rings. The predicted molar refractivity (Wildman–Crippen MR) is 106 cm³/mol. The van der Waals surface area contributed by atoms with E-state index >= 15 is 0 Å². The van der Waals surface area contributed by atoms with Crippen LogP contribution in [0.2, 0.25) is 0 Å². The summed E-state index contributed by atoms with van der Waals surface area (Å²) in [4.78, 5) is 18.4. The Hall–Kier alpha value is -2.72. The Morgan fingerprint density at radius 2 is 1.64 bits per heavy atom. The third-order valence-electron chi connectivity index (χ3n) is 3.84. The van der Waals surface area contributed by atoms with Gasteiger partial charge in [0.25, 0.3) is 5.91 Å². The van der Waals surface area contributed by atoms with Crippen LogP contribution < -0.4 is 4.90 Å². The third-order valence-corrected chi connectivity index (χ3v) is 4.37. The molecule has 1 aromatic heterocycles. The van der Waals surface area contributed by atoms with Gasteiger partial charge in [0, 0.05) is 16.2 Å². The van der Waals surface area contributed by atoms with E-state index in [9.17, 15) is 4.79 Å². The van der Waals surface area contributed by atoms with E-state index in [2.05, 4.69) is 58.7 Å². The average Bonchev–Trinajstić information content (AvgIpc) is 2.64. The number of halogens is 1. The van der Waals surface area contributed by atoms with Crippen molar-refractivity contribution in [2.24, 2.45) is 0 Å². The second kappa shape index (κ2) is 7.45. The van der Waals surface area contributed by atoms with Gasteiger partial charge in [0.2, 0.25) is 0 Å². The first-order chi connectivity index (χ1) is 12.1. The van der Waals surface area contributed by atoms with Gasteiger partial charge in [-0.2, -0.15) is 0 Å². The highest BCUT2D eigenvalue weighted by atomic mass is 79.9. The molecule has 2 aromatic carbocycles. The first-order valence-electron chi connectivity index (χ1n) is 7.83. The van der Waals surface area contributed by atoms with Crippen LogP contribution >= 0.6 is 15.9 Å². The maximum Gasteiger partial charge on any atom is 0.256 e. The molecule has 124 valence electrons. The molecule has 0 bridgehead atoms. The quantitative estimate of drug-likeness (QED) is 0.535. The first kappa shape index (κ1) is 17.1. The SMILES string of the molecule is C=CC(=O)N(c1ccc(Br)cc1)c1ccc(-c2ccc(C)cc2)cn1. The van der Waals surface area contributed by atoms with Crippen molar-refractivity contribution in [2.45, 2.75) is 6.92 Å². The summed E-state index contributed by atoms with van der Waals surface area (Å²) < 4.78 is 0.949. The van der Waals surface area contributed by atoms with Crippen LogP contribution in [-0.4, -0.2) is 10.9 Å². The number of aromatic nitrogens is 1. The molecule has 3 nitrogen and oxygen atoms in total. The Labute approximate surface area is 155 Å². The Kier molecular flexibility index (Phi) is 5.10. The molecule has 0 radical (unpaired) electrons. The largest absolute Gasteiger partial charge is 0.269 e. The van der Waals surface area contributed by atoms with E-state index in [-0.39, 0.29) is 5.91 Å². The molecule has 0 saturated heterocycles. The lowest BCUT2D eigenvalue weighted by Gasteiger charge is -2.20. The van der Waals surface area contributed by atoms with E-state index in [0.29, 0.717) is 5.82 Å². The molecule has 4 heteroatoms. The van der Waals surface area contributed by atoms with E-state index in [1.807, 2.05) is 36.4 Å². The van der Waals surface area contributed by atoms with Crippen LogP contribution in [-0.2, 0) is 4.79 Å². The minimum absolute atomic E-state index is 0.224. The van der Waals surface area contributed by atoms with Crippen molar-refractivity contribution in [1.29, 1.82) is 0 Å². The maximum absolute atomic E-state index is 12.3. The van der Waals surface area contributed by atoms with Crippen LogP contribution in [0.15, 0.2) is 84.0 Å². The van der Waals surface area contributed by atoms with Gasteiger partial charge in [-0.15, -0.1) is 0 Å². The summed E-state index contributed by atoms with van der Waals surface area (Å²) >= 11 is 3.41. The lowest BCUT2D eigenvalue weighted by atomic mass is 10.1. The Morgan fingerprint density at radius 3 is 2.20 bits per heavy atom. The topological polar surface area (TPSA) is 33.2 Å². The third kappa shape index (κ3) is 3.86. The molecule has 0 unspecified atom stereocenters. The molecule has 25 heavy (non-hydrogen) atoms. The Balaban J connectivity index is 1.96. The fraction of sp³-hybridized carbons (Fsp3) is 0.0476. The summed E-state index contributed by atoms with van der Waals surface area (Å²) in [6, 6.07) is 19.6. The zero-order valence-electron chi connectivity index (χ0n) is 13.8. The number of rotatable bonds is 4. The second-order valence-electron chi connectivity index (χ2n) is 5.63. The van der Waals surface area contributed by atoms with Crippen molar-refractivity contribution < 1.29 is 4.79 Å². The number of amides is 1. The fourth-order valence-corrected chi connectivity index (χ4v) is 2.75. The molecule has 0 saturated carbocycles. The van der Waals surface area contributed by atoms with E-state index in [4.69, 9.17) is 0 Å². The van der Waals surface area contributed by atoms with Crippen molar-refractivity contribution in [3.63, 3.8) is 0 Å². The number of carbonyl (C=O) groups excluding carboxylic acids is 1. The lowest BCUT2D eigenvalue weighted by molar-refractivity contribution is -0.113. The van der Waals surface area contributed by atoms with Crippen molar-refractivity contribution in [3.8, 4) is 11.1 Å². The fourth-order valence-electron chi connectivity index (χ4n) is 2.49. The maximum atomic E-state index is 12.3. The summed E-state index contributed by atoms with van der Waals surface area (Å²) in [6.45, 7) is 5.65. The highest BCUT2D eigenvalue weighted by Crippen LogP contribution is 2.27. The molecule has 0 N–H and O–H groups in total. The molecule has 0 spiro atoms. The van der Waals surface area contributed by atoms with Crippen LogP contribution in [0.3, 0.4) is 0 Å². The van der Waals surface area contributed by atoms with Gasteiger partial charge in [-0.3, -0.25) is 9.69 Å². The minimum atomic E-state index is -0.224. The predicted octanol–water partition coefficient (Wildman–Crippen LogP) is 5.67. The van der Waals surface area contributed by atoms with E-state index in [0.717, 1.165) is 21.3 Å². The van der Waals surface area contributed by atoms with Gasteiger partial charge in [0.1, 0.15) is 5.82 Å². The molecular weight excluding hydrogens is 376 g/mol. The summed E-state index contributed by atoms with van der Waals surface area (Å²) in [5, 5.41) is 0. The van der Waals surface area contributed by atoms with Crippen LogP contribution in [0.5, 0.6) is 0 Å². The lowest BCUT2D eigenvalue weighted by Crippen LogP contribution is -2.24. The standard InChI is InChI=1S/C21H17BrN2O/c1-3-21(25)24(19-11-9-18(22)10-12-19)20-13-8-17(14-23-20)16-6-4-15(2)5-7-16/h3-14H,1H2,2H3. The summed E-state index contributed by atoms with van der Waals surface area (Å²) in [5.41, 5.74) is 4.05. The van der Waals surface area contributed by atoms with Crippen molar-refractivity contribution in [3.05, 3.63) is 89.6 Å². The number of carbonyl (C=O) groups is 1. The zero-order chi connectivity index (χ0) is 17.8. The first-order valence-corrected chi connectivity index (χ1v) is 8.63. The molecule has 1 amide bonds. The summed E-state index contributed by atoms with van der Waals surface area (Å²) in [5.74, 6) is 0.334. The van der Waals surface area contributed by atoms with E-state index in [1.54, 1.807) is 11.1 Å². The number of anilines is 2. The highest BCUT2D eigenvalue weighted by molar-refractivity contribution is 9.10. The van der Waals surface area contributed by atoms with E-state index in [1.165, 1.54) is 11.6 Å². The molecule has 0 atom stereocenters. The Bertz CT molecular complexity index is 885. The number of aryl methyl sites for hydroxylation is 1. The molecule has 3 rings (SSSR count). The second-order valence-corrected chi connectivity index (χ2v) is 6.54. The number of hydrogen-bond donors (Lipinski definition) is 0. The van der Waals surface area contributed by atoms with Crippen LogP contribution in [0.4, 0.5) is 11.5 Å². The van der Waals surface area contributed by atoms with E-state index < -0.39 is 0 Å². The minimum Gasteiger partial charge on any atom is -0.269 e. The number of benzene rings is 2. The number of nitrogens with zero attached hydrogens (tertiary/aromatic N) is 2. The van der Waals surface area contributed by atoms with Crippen molar-refractivity contribution >= 4 is 33.3 Å². The van der Waals surface area contributed by atoms with Crippen LogP contribution in [0, 0.1) is 6.92 Å². The normalized spacial score (nSPS) is 10.3. The highest BCUT2D eigenvalue weighted by Gasteiger charge is 2.16. The smallest absolute Gasteiger partial charge is 0.256 e. The molecule has 3 aromatic rings. The monoisotopic (exact) mass is 392 g/mol. The zero-order valence-corrected chi connectivity index (χ0v) is 15.4. The van der Waals surface area contributed by atoms with Gasteiger partial charge in [0.05, 0.1) is 5.69 Å². The van der Waals surface area contributed by atoms with Crippen molar-refractivity contribution in [1.82, 2.24) is 4.98 Å². The number of hydrogen-bond acceptors (Lipinski definition) is 2. The van der Waals surface area contributed by atoms with Crippen molar-refractivity contribution in [2.75, 3.05) is 4.90 Å². The van der Waals surface area contributed by atoms with Gasteiger partial charge < -0.3 is 0 Å². The average molecular weight is 393 g/mol. The van der Waals surface area contributed by atoms with Gasteiger partial charge in [-0.25, -0.2) is 4.98 Å². The van der Waals surface area contributed by atoms with Gasteiger partial charge in [-0.1, -0.05) is 52.3 Å². The molecular formula is C21H17BrN2O.